The molecule has 0 bridgehead atoms. The normalized spacial score (nSPS) is 17.7. The van der Waals surface area contributed by atoms with E-state index in [4.69, 9.17) is 4.74 Å². The summed E-state index contributed by atoms with van der Waals surface area (Å²) in [7, 11) is 0. The maximum Gasteiger partial charge on any atom is 0.265 e. The lowest BCUT2D eigenvalue weighted by atomic mass is 9.94. The van der Waals surface area contributed by atoms with Gasteiger partial charge in [-0.05, 0) is 61.9 Å². The van der Waals surface area contributed by atoms with Crippen molar-refractivity contribution < 1.29 is 14.3 Å². The van der Waals surface area contributed by atoms with Crippen LogP contribution >= 0.6 is 0 Å². The van der Waals surface area contributed by atoms with Crippen molar-refractivity contribution in [1.29, 1.82) is 0 Å². The molecule has 0 N–H and O–H groups in total. The molecule has 5 rings (SSSR count). The number of ether oxygens (including phenoxy) is 1. The highest BCUT2D eigenvalue weighted by atomic mass is 16.5. The van der Waals surface area contributed by atoms with Gasteiger partial charge in [-0.25, -0.2) is 0 Å². The molecule has 35 heavy (non-hydrogen) atoms. The van der Waals surface area contributed by atoms with E-state index in [0.717, 1.165) is 60.9 Å². The Bertz CT molecular complexity index is 1190. The minimum Gasteiger partial charge on any atom is -0.482 e. The highest BCUT2D eigenvalue weighted by Crippen LogP contribution is 2.33. The molecule has 0 radical (unpaired) electrons. The van der Waals surface area contributed by atoms with E-state index in [9.17, 15) is 9.59 Å². The summed E-state index contributed by atoms with van der Waals surface area (Å²) in [6.07, 6.45) is 5.66. The van der Waals surface area contributed by atoms with Gasteiger partial charge in [0.05, 0.1) is 5.69 Å². The van der Waals surface area contributed by atoms with E-state index in [0.29, 0.717) is 25.3 Å². The summed E-state index contributed by atoms with van der Waals surface area (Å²) in [5, 5.41) is 8.47. The van der Waals surface area contributed by atoms with Crippen LogP contribution in [0.3, 0.4) is 0 Å². The molecule has 8 heteroatoms. The van der Waals surface area contributed by atoms with Crippen LogP contribution in [-0.4, -0.2) is 57.7 Å². The van der Waals surface area contributed by atoms with E-state index in [2.05, 4.69) is 10.2 Å². The third kappa shape index (κ3) is 5.21. The first-order chi connectivity index (χ1) is 17.1. The van der Waals surface area contributed by atoms with Gasteiger partial charge in [-0.3, -0.25) is 14.2 Å². The summed E-state index contributed by atoms with van der Waals surface area (Å²) in [5.41, 5.74) is 2.92. The molecule has 2 aromatic carbocycles. The van der Waals surface area contributed by atoms with Crippen LogP contribution in [-0.2, 0) is 16.0 Å². The highest BCUT2D eigenvalue weighted by Gasteiger charge is 2.27. The molecule has 1 aromatic heterocycles. The fourth-order valence-electron chi connectivity index (χ4n) is 5.02. The number of hydrogen-bond acceptors (Lipinski definition) is 5. The van der Waals surface area contributed by atoms with Gasteiger partial charge in [0.25, 0.3) is 5.91 Å². The molecule has 2 amide bonds. The number of piperidine rings is 1. The molecule has 0 spiro atoms. The van der Waals surface area contributed by atoms with Gasteiger partial charge >= 0.3 is 0 Å². The van der Waals surface area contributed by atoms with Crippen molar-refractivity contribution in [2.24, 2.45) is 5.92 Å². The fourth-order valence-corrected chi connectivity index (χ4v) is 5.02. The molecule has 2 aliphatic rings. The van der Waals surface area contributed by atoms with Crippen LogP contribution in [0.2, 0.25) is 0 Å². The molecular formula is C27H31N5O3. The summed E-state index contributed by atoms with van der Waals surface area (Å²) in [6, 6.07) is 15.9. The predicted octanol–water partition coefficient (Wildman–Crippen LogP) is 3.56. The summed E-state index contributed by atoms with van der Waals surface area (Å²) < 4.78 is 7.58. The second-order valence-electron chi connectivity index (χ2n) is 9.41. The molecule has 1 saturated heterocycles. The Morgan fingerprint density at radius 1 is 1.17 bits per heavy atom. The molecule has 1 atom stereocenters. The number of carbonyl (C=O) groups excluding carboxylic acids is 2. The first kappa shape index (κ1) is 23.1. The zero-order valence-corrected chi connectivity index (χ0v) is 20.1. The van der Waals surface area contributed by atoms with E-state index < -0.39 is 0 Å². The van der Waals surface area contributed by atoms with E-state index >= 15 is 0 Å². The van der Waals surface area contributed by atoms with Crippen molar-refractivity contribution in [2.45, 2.75) is 39.0 Å². The van der Waals surface area contributed by atoms with E-state index in [1.165, 1.54) is 0 Å². The minimum atomic E-state index is -0.0592. The van der Waals surface area contributed by atoms with Crippen molar-refractivity contribution in [2.75, 3.05) is 31.1 Å². The Kier molecular flexibility index (Phi) is 6.79. The van der Waals surface area contributed by atoms with Crippen LogP contribution in [0, 0.1) is 12.8 Å². The van der Waals surface area contributed by atoms with Crippen LogP contribution < -0.4 is 9.64 Å². The molecule has 1 unspecified atom stereocenters. The monoisotopic (exact) mass is 473 g/mol. The van der Waals surface area contributed by atoms with Crippen molar-refractivity contribution >= 4 is 17.5 Å². The predicted molar refractivity (Wildman–Crippen MR) is 133 cm³/mol. The third-order valence-electron chi connectivity index (χ3n) is 6.83. The average Bonchev–Trinajstić information content (AvgIpc) is 3.34. The molecule has 0 saturated carbocycles. The van der Waals surface area contributed by atoms with Gasteiger partial charge in [0.1, 0.15) is 17.9 Å². The minimum absolute atomic E-state index is 0.0470. The van der Waals surface area contributed by atoms with Crippen LogP contribution in [0.4, 0.5) is 5.69 Å². The standard InChI is InChI=1S/C27H31N5O3/c1-20-11-12-24-23(15-20)31(27(34)18-35-24)14-6-10-26(33)30-13-5-7-21(17-30)16-25-29-28-19-32(25)22-8-3-2-4-9-22/h2-4,8-9,11-12,15,19,21H,5-7,10,13-14,16-18H2,1H3. The number of carbonyl (C=O) groups is 2. The maximum absolute atomic E-state index is 13.0. The average molecular weight is 474 g/mol. The number of fused-ring (bicyclic) bond motifs is 1. The first-order valence-electron chi connectivity index (χ1n) is 12.3. The molecular weight excluding hydrogens is 442 g/mol. The van der Waals surface area contributed by atoms with Gasteiger partial charge in [0.15, 0.2) is 6.61 Å². The number of likely N-dealkylation sites (tertiary alicyclic amines) is 1. The lowest BCUT2D eigenvalue weighted by Gasteiger charge is -2.33. The summed E-state index contributed by atoms with van der Waals surface area (Å²) >= 11 is 0. The van der Waals surface area contributed by atoms with Gasteiger partial charge in [-0.1, -0.05) is 24.3 Å². The van der Waals surface area contributed by atoms with Crippen LogP contribution in [0.25, 0.3) is 5.69 Å². The summed E-state index contributed by atoms with van der Waals surface area (Å²) in [4.78, 5) is 29.2. The molecule has 1 fully saturated rings. The molecule has 8 nitrogen and oxygen atoms in total. The Hall–Kier alpha value is -3.68. The number of aryl methyl sites for hydroxylation is 1. The Morgan fingerprint density at radius 2 is 2.03 bits per heavy atom. The number of rotatable bonds is 7. The highest BCUT2D eigenvalue weighted by molar-refractivity contribution is 5.98. The molecule has 3 aromatic rings. The summed E-state index contributed by atoms with van der Waals surface area (Å²) in [5.74, 6) is 2.11. The molecule has 0 aliphatic carbocycles. The topological polar surface area (TPSA) is 80.6 Å². The Labute approximate surface area is 205 Å². The number of benzene rings is 2. The second kappa shape index (κ2) is 10.3. The lowest BCUT2D eigenvalue weighted by molar-refractivity contribution is -0.133. The van der Waals surface area contributed by atoms with Gasteiger partial charge in [-0.15, -0.1) is 10.2 Å². The zero-order chi connectivity index (χ0) is 24.2. The second-order valence-corrected chi connectivity index (χ2v) is 9.41. The van der Waals surface area contributed by atoms with Gasteiger partial charge < -0.3 is 14.5 Å². The van der Waals surface area contributed by atoms with Crippen molar-refractivity contribution in [3.63, 3.8) is 0 Å². The molecule has 182 valence electrons. The quantitative estimate of drug-likeness (QED) is 0.524. The smallest absolute Gasteiger partial charge is 0.265 e. The fraction of sp³-hybridized carbons (Fsp3) is 0.407. The first-order valence-corrected chi connectivity index (χ1v) is 12.3. The number of amides is 2. The molecule has 3 heterocycles. The largest absolute Gasteiger partial charge is 0.482 e. The van der Waals surface area contributed by atoms with E-state index in [1.54, 1.807) is 11.2 Å². The van der Waals surface area contributed by atoms with Crippen LogP contribution in [0.5, 0.6) is 5.75 Å². The van der Waals surface area contributed by atoms with Gasteiger partial charge in [-0.2, -0.15) is 0 Å². The number of para-hydroxylation sites is 1. The SMILES string of the molecule is Cc1ccc2c(c1)N(CCCC(=O)N1CCCC(Cc3nncn3-c3ccccc3)C1)C(=O)CO2. The third-order valence-corrected chi connectivity index (χ3v) is 6.83. The van der Waals surface area contributed by atoms with Crippen LogP contribution in [0.1, 0.15) is 37.1 Å². The van der Waals surface area contributed by atoms with Gasteiger partial charge in [0.2, 0.25) is 5.91 Å². The number of aromatic nitrogens is 3. The summed E-state index contributed by atoms with van der Waals surface area (Å²) in [6.45, 7) is 4.08. The Morgan fingerprint density at radius 3 is 2.89 bits per heavy atom. The Balaban J connectivity index is 1.16. The maximum atomic E-state index is 13.0. The lowest BCUT2D eigenvalue weighted by Crippen LogP contribution is -2.42. The van der Waals surface area contributed by atoms with E-state index in [-0.39, 0.29) is 18.4 Å². The number of anilines is 1. The number of nitrogens with zero attached hydrogens (tertiary/aromatic N) is 5. The van der Waals surface area contributed by atoms with Crippen molar-refractivity contribution in [3.8, 4) is 11.4 Å². The van der Waals surface area contributed by atoms with Crippen molar-refractivity contribution in [1.82, 2.24) is 19.7 Å². The number of hydrogen-bond donors (Lipinski definition) is 0. The van der Waals surface area contributed by atoms with Gasteiger partial charge in [0, 0.05) is 38.2 Å². The van der Waals surface area contributed by atoms with E-state index in [1.807, 2.05) is 64.9 Å². The van der Waals surface area contributed by atoms with Crippen molar-refractivity contribution in [3.05, 3.63) is 66.2 Å². The molecule has 2 aliphatic heterocycles. The zero-order valence-electron chi connectivity index (χ0n) is 20.1. The van der Waals surface area contributed by atoms with Crippen LogP contribution in [0.15, 0.2) is 54.9 Å².